The molecule has 2 atom stereocenters. The van der Waals surface area contributed by atoms with E-state index in [-0.39, 0.29) is 0 Å². The predicted octanol–water partition coefficient (Wildman–Crippen LogP) is 1.08. The van der Waals surface area contributed by atoms with E-state index in [0.717, 1.165) is 0 Å². The van der Waals surface area contributed by atoms with E-state index >= 15 is 0 Å². The van der Waals surface area contributed by atoms with Gasteiger partial charge in [-0.25, -0.2) is 0 Å². The number of hydrogen-bond donors (Lipinski definition) is 1. The molecule has 0 spiro atoms. The Hall–Kier alpha value is -0.690. The SMILES string of the molecule is CCCC(NC)C1[B][B]c2ccccc21. The number of nitrogens with one attached hydrogen (secondary N) is 1. The molecule has 76 valence electrons. The van der Waals surface area contributed by atoms with Crippen molar-refractivity contribution >= 4 is 19.8 Å². The maximum atomic E-state index is 3.43. The Labute approximate surface area is 94.1 Å². The Morgan fingerprint density at radius 2 is 2.20 bits per heavy atom. The van der Waals surface area contributed by atoms with Gasteiger partial charge in [0.05, 0.1) is 7.17 Å². The number of likely N-dealkylation sites (N-methyl/N-ethyl adjacent to an activating group) is 1. The van der Waals surface area contributed by atoms with Gasteiger partial charge in [-0.05, 0) is 19.3 Å². The van der Waals surface area contributed by atoms with Crippen molar-refractivity contribution in [3.8, 4) is 0 Å². The van der Waals surface area contributed by atoms with Crippen molar-refractivity contribution in [1.82, 2.24) is 5.32 Å². The van der Waals surface area contributed by atoms with Crippen LogP contribution in [0, 0.1) is 0 Å². The van der Waals surface area contributed by atoms with Crippen molar-refractivity contribution in [2.75, 3.05) is 7.05 Å². The molecule has 0 saturated carbocycles. The topological polar surface area (TPSA) is 12.0 Å². The molecule has 3 heteroatoms. The predicted molar refractivity (Wildman–Crippen MR) is 68.1 cm³/mol. The second-order valence-electron chi connectivity index (χ2n) is 4.20. The van der Waals surface area contributed by atoms with Crippen molar-refractivity contribution in [3.63, 3.8) is 0 Å². The van der Waals surface area contributed by atoms with E-state index in [9.17, 15) is 0 Å². The molecule has 2 rings (SSSR count). The molecule has 0 aromatic heterocycles. The molecule has 2 radical (unpaired) electrons. The van der Waals surface area contributed by atoms with Crippen molar-refractivity contribution in [2.24, 2.45) is 0 Å². The van der Waals surface area contributed by atoms with Crippen molar-refractivity contribution in [2.45, 2.75) is 31.6 Å². The molecule has 0 aliphatic carbocycles. The van der Waals surface area contributed by atoms with E-state index < -0.39 is 0 Å². The normalized spacial score (nSPS) is 20.3. The number of fused-ring (bicyclic) bond motifs is 1. The van der Waals surface area contributed by atoms with Crippen LogP contribution in [0.5, 0.6) is 0 Å². The van der Waals surface area contributed by atoms with Crippen LogP contribution in [-0.2, 0) is 0 Å². The van der Waals surface area contributed by atoms with Crippen LogP contribution in [-0.4, -0.2) is 27.4 Å². The first-order valence-electron chi connectivity index (χ1n) is 5.81. The van der Waals surface area contributed by atoms with E-state index in [0.29, 0.717) is 11.9 Å². The minimum absolute atomic E-state index is 0.561. The summed E-state index contributed by atoms with van der Waals surface area (Å²) in [5.41, 5.74) is 2.86. The van der Waals surface area contributed by atoms with Gasteiger partial charge in [0.15, 0.2) is 0 Å². The van der Waals surface area contributed by atoms with Crippen LogP contribution in [0.1, 0.15) is 31.1 Å². The molecule has 1 heterocycles. The van der Waals surface area contributed by atoms with Crippen LogP contribution in [0.15, 0.2) is 24.3 Å². The number of rotatable bonds is 4. The smallest absolute Gasteiger partial charge is 0.108 e. The molecule has 1 aromatic carbocycles. The van der Waals surface area contributed by atoms with Crippen molar-refractivity contribution < 1.29 is 0 Å². The van der Waals surface area contributed by atoms with E-state index in [4.69, 9.17) is 0 Å². The lowest BCUT2D eigenvalue weighted by Gasteiger charge is -2.24. The van der Waals surface area contributed by atoms with Gasteiger partial charge in [0, 0.05) is 6.04 Å². The van der Waals surface area contributed by atoms with Gasteiger partial charge < -0.3 is 5.32 Å². The van der Waals surface area contributed by atoms with Crippen LogP contribution >= 0.6 is 0 Å². The molecule has 1 N–H and O–H groups in total. The van der Waals surface area contributed by atoms with Crippen LogP contribution in [0.4, 0.5) is 0 Å². The van der Waals surface area contributed by atoms with Gasteiger partial charge >= 0.3 is 0 Å². The zero-order valence-electron chi connectivity index (χ0n) is 9.53. The first-order valence-corrected chi connectivity index (χ1v) is 5.81. The third-order valence-corrected chi connectivity index (χ3v) is 3.24. The third-order valence-electron chi connectivity index (χ3n) is 3.24. The lowest BCUT2D eigenvalue weighted by atomic mass is 9.36. The summed E-state index contributed by atoms with van der Waals surface area (Å²) >= 11 is 0. The molecule has 0 amide bonds. The number of hydrogen-bond acceptors (Lipinski definition) is 1. The lowest BCUT2D eigenvalue weighted by molar-refractivity contribution is 0.502. The molecule has 15 heavy (non-hydrogen) atoms. The molecular weight excluding hydrogens is 180 g/mol. The molecule has 0 bridgehead atoms. The molecular formula is C12H17B2N. The second-order valence-corrected chi connectivity index (χ2v) is 4.20. The highest BCUT2D eigenvalue weighted by Crippen LogP contribution is 2.23. The number of benzene rings is 1. The Morgan fingerprint density at radius 3 is 2.93 bits per heavy atom. The van der Waals surface area contributed by atoms with E-state index in [2.05, 4.69) is 57.9 Å². The average Bonchev–Trinajstić information content (AvgIpc) is 2.70. The maximum absolute atomic E-state index is 3.43. The minimum Gasteiger partial charge on any atom is -0.317 e. The summed E-state index contributed by atoms with van der Waals surface area (Å²) in [6.07, 6.45) is 2.47. The minimum atomic E-state index is 0.561. The van der Waals surface area contributed by atoms with Gasteiger partial charge in [0.1, 0.15) is 7.17 Å². The van der Waals surface area contributed by atoms with Gasteiger partial charge in [-0.2, -0.15) is 0 Å². The maximum Gasteiger partial charge on any atom is 0.108 e. The van der Waals surface area contributed by atoms with Crippen molar-refractivity contribution in [3.05, 3.63) is 29.8 Å². The van der Waals surface area contributed by atoms with E-state index in [1.807, 2.05) is 0 Å². The molecule has 2 unspecified atom stereocenters. The Bertz CT molecular complexity index is 327. The van der Waals surface area contributed by atoms with Crippen LogP contribution in [0.2, 0.25) is 0 Å². The van der Waals surface area contributed by atoms with Crippen LogP contribution in [0.25, 0.3) is 0 Å². The first-order chi connectivity index (χ1) is 7.36. The Kier molecular flexibility index (Phi) is 3.53. The monoisotopic (exact) mass is 197 g/mol. The molecule has 0 fully saturated rings. The summed E-state index contributed by atoms with van der Waals surface area (Å²) in [4.78, 5) is 0. The highest BCUT2D eigenvalue weighted by atomic mass is 14.9. The highest BCUT2D eigenvalue weighted by molar-refractivity contribution is 7.10. The zero-order valence-corrected chi connectivity index (χ0v) is 9.53. The second kappa shape index (κ2) is 4.89. The van der Waals surface area contributed by atoms with Crippen molar-refractivity contribution in [1.29, 1.82) is 0 Å². The fourth-order valence-corrected chi connectivity index (χ4v) is 2.44. The van der Waals surface area contributed by atoms with Gasteiger partial charge in [-0.15, -0.1) is 0 Å². The zero-order chi connectivity index (χ0) is 10.7. The fourth-order valence-electron chi connectivity index (χ4n) is 2.44. The summed E-state index contributed by atoms with van der Waals surface area (Å²) in [7, 11) is 6.65. The van der Waals surface area contributed by atoms with Crippen LogP contribution < -0.4 is 10.8 Å². The van der Waals surface area contributed by atoms with Crippen LogP contribution in [0.3, 0.4) is 0 Å². The molecule has 1 aliphatic heterocycles. The quantitative estimate of drug-likeness (QED) is 0.712. The van der Waals surface area contributed by atoms with Gasteiger partial charge in [-0.1, -0.05) is 48.6 Å². The lowest BCUT2D eigenvalue weighted by Crippen LogP contribution is -2.34. The largest absolute Gasteiger partial charge is 0.317 e. The molecule has 1 nitrogen and oxygen atoms in total. The Balaban J connectivity index is 2.18. The summed E-state index contributed by atoms with van der Waals surface area (Å²) in [6, 6.07) is 9.27. The molecule has 1 aliphatic rings. The standard InChI is InChI=1S/C12H17B2N/c1-3-6-11(15-2)12-9-7-4-5-8-10(9)13-14-12/h4-5,7-8,11-12,15H,3,6H2,1-2H3. The Morgan fingerprint density at radius 1 is 1.40 bits per heavy atom. The van der Waals surface area contributed by atoms with Gasteiger partial charge in [0.2, 0.25) is 0 Å². The highest BCUT2D eigenvalue weighted by Gasteiger charge is 2.28. The van der Waals surface area contributed by atoms with Gasteiger partial charge in [0.25, 0.3) is 0 Å². The summed E-state index contributed by atoms with van der Waals surface area (Å²) in [5.74, 6) is 0.561. The molecule has 1 aromatic rings. The summed E-state index contributed by atoms with van der Waals surface area (Å²) in [5, 5.41) is 3.43. The first kappa shape index (κ1) is 10.8. The third kappa shape index (κ3) is 2.12. The average molecular weight is 197 g/mol. The van der Waals surface area contributed by atoms with E-state index in [1.165, 1.54) is 23.9 Å². The molecule has 0 saturated heterocycles. The summed E-state index contributed by atoms with van der Waals surface area (Å²) < 4.78 is 0. The summed E-state index contributed by atoms with van der Waals surface area (Å²) in [6.45, 7) is 2.24. The van der Waals surface area contributed by atoms with E-state index in [1.54, 1.807) is 0 Å². The van der Waals surface area contributed by atoms with Gasteiger partial charge in [-0.3, -0.25) is 0 Å². The fraction of sp³-hybridized carbons (Fsp3) is 0.500.